The summed E-state index contributed by atoms with van der Waals surface area (Å²) in [6.45, 7) is 5.25. The number of nitrogens with one attached hydrogen (secondary N) is 1. The van der Waals surface area contributed by atoms with Crippen LogP contribution in [0.25, 0.3) is 0 Å². The molecular weight excluding hydrogens is 372 g/mol. The van der Waals surface area contributed by atoms with E-state index in [4.69, 9.17) is 4.74 Å². The van der Waals surface area contributed by atoms with E-state index in [2.05, 4.69) is 5.32 Å². The van der Waals surface area contributed by atoms with Crippen molar-refractivity contribution in [2.24, 2.45) is 0 Å². The molecule has 1 atom stereocenters. The summed E-state index contributed by atoms with van der Waals surface area (Å²) in [6, 6.07) is 11.7. The van der Waals surface area contributed by atoms with Gasteiger partial charge in [0.15, 0.2) is 6.10 Å². The zero-order valence-electron chi connectivity index (χ0n) is 16.5. The molecule has 1 heterocycles. The Balaban J connectivity index is 1.70. The van der Waals surface area contributed by atoms with Crippen molar-refractivity contribution in [3.63, 3.8) is 0 Å². The van der Waals surface area contributed by atoms with Crippen molar-refractivity contribution < 1.29 is 23.9 Å². The molecule has 3 amide bonds. The number of aryl methyl sites for hydroxylation is 2. The average Bonchev–Trinajstić information content (AvgIpc) is 3.03. The van der Waals surface area contributed by atoms with E-state index in [1.54, 1.807) is 12.1 Å². The van der Waals surface area contributed by atoms with Crippen LogP contribution in [0.5, 0.6) is 0 Å². The minimum absolute atomic E-state index is 0.154. The number of carbonyl (C=O) groups is 4. The molecule has 0 spiro atoms. The first-order chi connectivity index (χ1) is 13.8. The summed E-state index contributed by atoms with van der Waals surface area (Å²) in [7, 11) is 0. The fraction of sp³-hybridized carbons (Fsp3) is 0.273. The number of imide groups is 1. The predicted molar refractivity (Wildman–Crippen MR) is 108 cm³/mol. The third kappa shape index (κ3) is 4.34. The lowest BCUT2D eigenvalue weighted by molar-refractivity contribution is -0.124. The quantitative estimate of drug-likeness (QED) is 0.621. The van der Waals surface area contributed by atoms with Gasteiger partial charge in [0.1, 0.15) is 0 Å². The van der Waals surface area contributed by atoms with Gasteiger partial charge >= 0.3 is 5.97 Å². The number of ether oxygens (including phenoxy) is 1. The molecule has 1 saturated heterocycles. The second-order valence-corrected chi connectivity index (χ2v) is 6.98. The SMILES string of the molecule is Cc1cccc(C)c1NC(=O)[C@H](C)OC(=O)c1cccc(N2C(=O)CCC2=O)c1. The van der Waals surface area contributed by atoms with Crippen LogP contribution in [0.15, 0.2) is 42.5 Å². The van der Waals surface area contributed by atoms with E-state index in [-0.39, 0.29) is 30.2 Å². The van der Waals surface area contributed by atoms with Gasteiger partial charge in [0.05, 0.1) is 11.3 Å². The van der Waals surface area contributed by atoms with Gasteiger partial charge in [-0.05, 0) is 50.1 Å². The van der Waals surface area contributed by atoms with Crippen LogP contribution in [0, 0.1) is 13.8 Å². The highest BCUT2D eigenvalue weighted by molar-refractivity contribution is 6.20. The smallest absolute Gasteiger partial charge is 0.338 e. The lowest BCUT2D eigenvalue weighted by atomic mass is 10.1. The zero-order chi connectivity index (χ0) is 21.1. The molecule has 0 aromatic heterocycles. The van der Waals surface area contributed by atoms with Crippen LogP contribution in [0.2, 0.25) is 0 Å². The molecule has 7 nitrogen and oxygen atoms in total. The molecule has 0 bridgehead atoms. The third-order valence-corrected chi connectivity index (χ3v) is 4.77. The van der Waals surface area contributed by atoms with E-state index in [0.29, 0.717) is 11.4 Å². The molecule has 1 fully saturated rings. The molecule has 0 aliphatic carbocycles. The average molecular weight is 394 g/mol. The second kappa shape index (κ2) is 8.26. The summed E-state index contributed by atoms with van der Waals surface area (Å²) >= 11 is 0. The first-order valence-corrected chi connectivity index (χ1v) is 9.32. The summed E-state index contributed by atoms with van der Waals surface area (Å²) < 4.78 is 5.28. The van der Waals surface area contributed by atoms with Crippen molar-refractivity contribution in [3.05, 3.63) is 59.2 Å². The van der Waals surface area contributed by atoms with Crippen LogP contribution in [0.3, 0.4) is 0 Å². The number of benzene rings is 2. The molecule has 7 heteroatoms. The van der Waals surface area contributed by atoms with Crippen LogP contribution in [-0.2, 0) is 19.1 Å². The van der Waals surface area contributed by atoms with E-state index in [1.165, 1.54) is 19.1 Å². The van der Waals surface area contributed by atoms with Gasteiger partial charge in [0.25, 0.3) is 5.91 Å². The number of anilines is 2. The Hall–Kier alpha value is -3.48. The van der Waals surface area contributed by atoms with E-state index in [1.807, 2.05) is 32.0 Å². The zero-order valence-corrected chi connectivity index (χ0v) is 16.5. The van der Waals surface area contributed by atoms with Gasteiger partial charge in [-0.3, -0.25) is 19.3 Å². The number of nitrogens with zero attached hydrogens (tertiary/aromatic N) is 1. The molecule has 0 saturated carbocycles. The molecule has 3 rings (SSSR count). The minimum atomic E-state index is -1.03. The molecule has 1 aliphatic rings. The van der Waals surface area contributed by atoms with E-state index < -0.39 is 18.0 Å². The van der Waals surface area contributed by atoms with Crippen LogP contribution in [0.1, 0.15) is 41.3 Å². The Kier molecular flexibility index (Phi) is 5.77. The highest BCUT2D eigenvalue weighted by atomic mass is 16.5. The highest BCUT2D eigenvalue weighted by Crippen LogP contribution is 2.24. The van der Waals surface area contributed by atoms with Gasteiger partial charge in [-0.15, -0.1) is 0 Å². The maximum atomic E-state index is 12.5. The van der Waals surface area contributed by atoms with Crippen molar-refractivity contribution in [3.8, 4) is 0 Å². The Morgan fingerprint density at radius 3 is 2.21 bits per heavy atom. The maximum absolute atomic E-state index is 12.5. The molecule has 2 aromatic carbocycles. The first-order valence-electron chi connectivity index (χ1n) is 9.32. The van der Waals surface area contributed by atoms with Gasteiger partial charge in [-0.25, -0.2) is 4.79 Å². The van der Waals surface area contributed by atoms with Crippen LogP contribution in [0.4, 0.5) is 11.4 Å². The molecule has 150 valence electrons. The maximum Gasteiger partial charge on any atom is 0.338 e. The number of amides is 3. The topological polar surface area (TPSA) is 92.8 Å². The Morgan fingerprint density at radius 1 is 1.00 bits per heavy atom. The Morgan fingerprint density at radius 2 is 1.59 bits per heavy atom. The van der Waals surface area contributed by atoms with Gasteiger partial charge in [0, 0.05) is 18.5 Å². The normalized spacial score (nSPS) is 14.7. The van der Waals surface area contributed by atoms with Crippen molar-refractivity contribution in [2.45, 2.75) is 39.7 Å². The summed E-state index contributed by atoms with van der Waals surface area (Å²) in [5.74, 6) is -1.77. The van der Waals surface area contributed by atoms with Crippen LogP contribution >= 0.6 is 0 Å². The molecule has 0 radical (unpaired) electrons. The monoisotopic (exact) mass is 394 g/mol. The van der Waals surface area contributed by atoms with Crippen molar-refractivity contribution in [1.29, 1.82) is 0 Å². The summed E-state index contributed by atoms with van der Waals surface area (Å²) in [4.78, 5) is 49.8. The molecule has 1 N–H and O–H groups in total. The van der Waals surface area contributed by atoms with Crippen molar-refractivity contribution in [2.75, 3.05) is 10.2 Å². The number of carbonyl (C=O) groups excluding carboxylic acids is 4. The van der Waals surface area contributed by atoms with Crippen LogP contribution < -0.4 is 10.2 Å². The van der Waals surface area contributed by atoms with E-state index in [9.17, 15) is 19.2 Å². The van der Waals surface area contributed by atoms with E-state index in [0.717, 1.165) is 16.0 Å². The van der Waals surface area contributed by atoms with E-state index >= 15 is 0 Å². The molecule has 29 heavy (non-hydrogen) atoms. The van der Waals surface area contributed by atoms with Crippen molar-refractivity contribution in [1.82, 2.24) is 0 Å². The van der Waals surface area contributed by atoms with Gasteiger partial charge in [-0.2, -0.15) is 0 Å². The van der Waals surface area contributed by atoms with Gasteiger partial charge < -0.3 is 10.1 Å². The van der Waals surface area contributed by atoms with Crippen molar-refractivity contribution >= 4 is 35.1 Å². The predicted octanol–water partition coefficient (Wildman–Crippen LogP) is 3.14. The summed E-state index contributed by atoms with van der Waals surface area (Å²) in [5.41, 5.74) is 2.98. The number of para-hydroxylation sites is 1. The second-order valence-electron chi connectivity index (χ2n) is 6.98. The first kappa shape index (κ1) is 20.3. The largest absolute Gasteiger partial charge is 0.449 e. The number of hydrogen-bond acceptors (Lipinski definition) is 5. The number of esters is 1. The molecule has 2 aromatic rings. The van der Waals surface area contributed by atoms with Gasteiger partial charge in [-0.1, -0.05) is 24.3 Å². The lowest BCUT2D eigenvalue weighted by Gasteiger charge is -2.17. The standard InChI is InChI=1S/C22H22N2O5/c1-13-6-4-7-14(2)20(13)23-21(27)15(3)29-22(28)16-8-5-9-17(12-16)24-18(25)10-11-19(24)26/h4-9,12,15H,10-11H2,1-3H3,(H,23,27)/t15-/m0/s1. The lowest BCUT2D eigenvalue weighted by Crippen LogP contribution is -2.31. The summed E-state index contributed by atoms with van der Waals surface area (Å²) in [5, 5.41) is 2.79. The third-order valence-electron chi connectivity index (χ3n) is 4.77. The number of rotatable bonds is 5. The summed E-state index contributed by atoms with van der Waals surface area (Å²) in [6.07, 6.45) is -0.716. The van der Waals surface area contributed by atoms with Crippen LogP contribution in [-0.4, -0.2) is 29.8 Å². The molecular formula is C22H22N2O5. The van der Waals surface area contributed by atoms with Gasteiger partial charge in [0.2, 0.25) is 11.8 Å². The highest BCUT2D eigenvalue weighted by Gasteiger charge is 2.30. The fourth-order valence-electron chi connectivity index (χ4n) is 3.16. The Bertz CT molecular complexity index is 962. The minimum Gasteiger partial charge on any atom is -0.449 e. The number of hydrogen-bond donors (Lipinski definition) is 1. The molecule has 0 unspecified atom stereocenters. The Labute approximate surface area is 168 Å². The fourth-order valence-corrected chi connectivity index (χ4v) is 3.16. The molecule has 1 aliphatic heterocycles.